The van der Waals surface area contributed by atoms with Gasteiger partial charge in [-0.05, 0) is 19.1 Å². The number of carbonyl (C=O) groups excluding carboxylic acids is 1. The van der Waals surface area contributed by atoms with Crippen molar-refractivity contribution in [1.82, 2.24) is 4.57 Å². The molecule has 4 rings (SSSR count). The predicted octanol–water partition coefficient (Wildman–Crippen LogP) is 2.68. The van der Waals surface area contributed by atoms with Crippen LogP contribution in [0, 0.1) is 0 Å². The number of nitrogens with zero attached hydrogens (tertiary/aromatic N) is 3. The van der Waals surface area contributed by atoms with Gasteiger partial charge in [-0.15, -0.1) is 11.3 Å². The Bertz CT molecular complexity index is 1610. The number of anilines is 1. The first-order valence-electron chi connectivity index (χ1n) is 12.2. The van der Waals surface area contributed by atoms with Crippen LogP contribution in [0.1, 0.15) is 31.9 Å². The first kappa shape index (κ1) is 28.0. The first-order chi connectivity index (χ1) is 18.2. The number of carbonyl (C=O) groups is 1. The molecule has 1 unspecified atom stereocenters. The highest BCUT2D eigenvalue weighted by molar-refractivity contribution is 8.14. The molecule has 1 N–H and O–H groups in total. The highest BCUT2D eigenvalue weighted by atomic mass is 32.2. The minimum atomic E-state index is -4.06. The lowest BCUT2D eigenvalue weighted by atomic mass is 10.1. The molecule has 200 valence electrons. The van der Waals surface area contributed by atoms with Crippen LogP contribution in [0.5, 0.6) is 0 Å². The van der Waals surface area contributed by atoms with E-state index >= 15 is 0 Å². The van der Waals surface area contributed by atoms with Crippen molar-refractivity contribution in [2.75, 3.05) is 23.0 Å². The van der Waals surface area contributed by atoms with E-state index in [2.05, 4.69) is 4.58 Å². The number of hydrogen-bond acceptors (Lipinski definition) is 6. The van der Waals surface area contributed by atoms with Crippen LogP contribution in [-0.2, 0) is 21.5 Å². The average molecular weight is 573 g/mol. The summed E-state index contributed by atoms with van der Waals surface area (Å²) in [7, 11) is -4.06. The molecule has 1 aliphatic heterocycles. The van der Waals surface area contributed by atoms with Crippen LogP contribution in [0.3, 0.4) is 0 Å². The van der Waals surface area contributed by atoms with E-state index in [1.54, 1.807) is 22.5 Å². The maximum atomic E-state index is 13.3. The quantitative estimate of drug-likeness (QED) is 0.313. The number of amides is 1. The molecule has 0 radical (unpaired) electrons. The van der Waals surface area contributed by atoms with E-state index in [0.717, 1.165) is 21.0 Å². The summed E-state index contributed by atoms with van der Waals surface area (Å²) in [6, 6.07) is 19.2. The van der Waals surface area contributed by atoms with Crippen molar-refractivity contribution in [1.29, 1.82) is 0 Å². The summed E-state index contributed by atoms with van der Waals surface area (Å²) in [5.74, 6) is 0.254. The SMILES string of the molecule is CCn1c(=O)c(=CN(C(C)=O)c2ccccc2)s/c1=C/C1=[N+](CCCS(=O)(=O)O)C(c2ccccc2)CS1. The van der Waals surface area contributed by atoms with E-state index in [4.69, 9.17) is 0 Å². The summed E-state index contributed by atoms with van der Waals surface area (Å²) in [6.45, 7) is 4.26. The summed E-state index contributed by atoms with van der Waals surface area (Å²) in [6.07, 6.45) is 3.83. The van der Waals surface area contributed by atoms with E-state index < -0.39 is 10.1 Å². The maximum absolute atomic E-state index is 13.3. The average Bonchev–Trinajstić information content (AvgIpc) is 3.42. The third kappa shape index (κ3) is 6.71. The zero-order chi connectivity index (χ0) is 27.3. The molecular formula is C27H30N3O5S3+. The summed E-state index contributed by atoms with van der Waals surface area (Å²) in [5, 5.41) is 0.927. The summed E-state index contributed by atoms with van der Waals surface area (Å²) in [4.78, 5) is 27.2. The van der Waals surface area contributed by atoms with Gasteiger partial charge in [0.25, 0.3) is 15.7 Å². The van der Waals surface area contributed by atoms with Crippen molar-refractivity contribution >= 4 is 62.1 Å². The second-order valence-electron chi connectivity index (χ2n) is 8.76. The Morgan fingerprint density at radius 2 is 1.82 bits per heavy atom. The number of para-hydroxylation sites is 1. The van der Waals surface area contributed by atoms with Crippen molar-refractivity contribution in [3.8, 4) is 0 Å². The molecule has 1 atom stereocenters. The summed E-state index contributed by atoms with van der Waals surface area (Å²) >= 11 is 2.96. The molecule has 3 aromatic rings. The van der Waals surface area contributed by atoms with Crippen molar-refractivity contribution in [3.05, 3.63) is 85.8 Å². The third-order valence-electron chi connectivity index (χ3n) is 6.15. The molecule has 0 aliphatic carbocycles. The van der Waals surface area contributed by atoms with Crippen LogP contribution < -0.4 is 19.7 Å². The summed E-state index contributed by atoms with van der Waals surface area (Å²) < 4.78 is 36.9. The second kappa shape index (κ2) is 12.2. The van der Waals surface area contributed by atoms with Gasteiger partial charge in [0.1, 0.15) is 15.7 Å². The van der Waals surface area contributed by atoms with Crippen LogP contribution in [0.4, 0.5) is 5.69 Å². The fourth-order valence-corrected chi connectivity index (χ4v) is 7.26. The zero-order valence-electron chi connectivity index (χ0n) is 21.2. The smallest absolute Gasteiger partial charge is 0.270 e. The summed E-state index contributed by atoms with van der Waals surface area (Å²) in [5.41, 5.74) is 1.62. The normalized spacial score (nSPS) is 16.9. The van der Waals surface area contributed by atoms with Gasteiger partial charge in [0.05, 0.1) is 17.6 Å². The minimum absolute atomic E-state index is 0.0351. The molecule has 38 heavy (non-hydrogen) atoms. The number of aromatic nitrogens is 1. The zero-order valence-corrected chi connectivity index (χ0v) is 23.6. The van der Waals surface area contributed by atoms with Crippen LogP contribution >= 0.6 is 23.1 Å². The third-order valence-corrected chi connectivity index (χ3v) is 9.14. The number of rotatable bonds is 9. The fourth-order valence-electron chi connectivity index (χ4n) is 4.34. The molecule has 0 saturated heterocycles. The van der Waals surface area contributed by atoms with Crippen LogP contribution in [0.25, 0.3) is 12.3 Å². The number of hydrogen-bond donors (Lipinski definition) is 1. The van der Waals surface area contributed by atoms with Crippen molar-refractivity contribution < 1.29 is 22.3 Å². The van der Waals surface area contributed by atoms with E-state index in [9.17, 15) is 22.6 Å². The van der Waals surface area contributed by atoms with Crippen molar-refractivity contribution in [3.63, 3.8) is 0 Å². The Labute approximate surface area is 230 Å². The Balaban J connectivity index is 1.81. The largest absolute Gasteiger partial charge is 0.299 e. The van der Waals surface area contributed by atoms with E-state index in [1.807, 2.05) is 73.7 Å². The van der Waals surface area contributed by atoms with Gasteiger partial charge in [0, 0.05) is 37.3 Å². The first-order valence-corrected chi connectivity index (χ1v) is 15.6. The lowest BCUT2D eigenvalue weighted by Gasteiger charge is -2.15. The van der Waals surface area contributed by atoms with Gasteiger partial charge >= 0.3 is 0 Å². The Kier molecular flexibility index (Phi) is 9.03. The van der Waals surface area contributed by atoms with Gasteiger partial charge in [0.2, 0.25) is 11.0 Å². The Morgan fingerprint density at radius 3 is 2.42 bits per heavy atom. The lowest BCUT2D eigenvalue weighted by molar-refractivity contribution is -0.560. The number of benzene rings is 2. The molecule has 0 fully saturated rings. The predicted molar refractivity (Wildman–Crippen MR) is 155 cm³/mol. The van der Waals surface area contributed by atoms with Crippen LogP contribution in [0.15, 0.2) is 65.5 Å². The number of thiazole rings is 1. The molecule has 0 saturated carbocycles. The maximum Gasteiger partial charge on any atom is 0.270 e. The standard InChI is InChI=1S/C27H29N3O5S3/c1-3-28-26(37-24(27(28)32)18-30(20(2)31)22-13-8-5-9-14-22)17-25-29(15-10-16-38(33,34)35)23(19-36-25)21-11-6-4-7-12-21/h4-9,11-14,17-18,23H,3,10,15-16,19H2,1-2H3/p+1. The fraction of sp³-hybridized carbons (Fsp3) is 0.296. The van der Waals surface area contributed by atoms with Gasteiger partial charge in [-0.3, -0.25) is 23.6 Å². The molecule has 1 aromatic heterocycles. The highest BCUT2D eigenvalue weighted by Gasteiger charge is 2.34. The molecule has 8 nitrogen and oxygen atoms in total. The Morgan fingerprint density at radius 1 is 1.16 bits per heavy atom. The topological polar surface area (TPSA) is 99.7 Å². The molecule has 2 heterocycles. The molecule has 1 amide bonds. The molecule has 1 aliphatic rings. The van der Waals surface area contributed by atoms with Crippen LogP contribution in [-0.4, -0.2) is 51.1 Å². The van der Waals surface area contributed by atoms with Gasteiger partial charge in [-0.25, -0.2) is 4.58 Å². The van der Waals surface area contributed by atoms with Crippen molar-refractivity contribution in [2.45, 2.75) is 32.9 Å². The monoisotopic (exact) mass is 572 g/mol. The minimum Gasteiger partial charge on any atom is -0.299 e. The van der Waals surface area contributed by atoms with Crippen molar-refractivity contribution in [2.24, 2.45) is 0 Å². The van der Waals surface area contributed by atoms with E-state index in [-0.39, 0.29) is 29.7 Å². The molecule has 11 heteroatoms. The van der Waals surface area contributed by atoms with Gasteiger partial charge in [0.15, 0.2) is 6.04 Å². The van der Waals surface area contributed by atoms with E-state index in [0.29, 0.717) is 23.3 Å². The second-order valence-corrected chi connectivity index (χ2v) is 12.4. The molecule has 0 spiro atoms. The molecule has 2 aromatic carbocycles. The van der Waals surface area contributed by atoms with Gasteiger partial charge in [-0.1, -0.05) is 60.3 Å². The van der Waals surface area contributed by atoms with E-state index in [1.165, 1.54) is 23.2 Å². The van der Waals surface area contributed by atoms with Crippen LogP contribution in [0.2, 0.25) is 0 Å². The highest BCUT2D eigenvalue weighted by Crippen LogP contribution is 2.31. The molecular weight excluding hydrogens is 543 g/mol. The Hall–Kier alpha value is -2.99. The van der Waals surface area contributed by atoms with Gasteiger partial charge < -0.3 is 0 Å². The van der Waals surface area contributed by atoms with Gasteiger partial charge in [-0.2, -0.15) is 8.42 Å². The lowest BCUT2D eigenvalue weighted by Crippen LogP contribution is -2.34. The number of thioether (sulfide) groups is 1. The molecule has 0 bridgehead atoms.